The summed E-state index contributed by atoms with van der Waals surface area (Å²) in [6.45, 7) is 0. The van der Waals surface area contributed by atoms with Gasteiger partial charge < -0.3 is 0 Å². The number of hydrogen-bond donors (Lipinski definition) is 0. The first-order valence-corrected chi connectivity index (χ1v) is 7.43. The SMILES string of the molecule is O=C(C=NC(c1ccccc1)c1ccccc1)c1ccccn1. The minimum atomic E-state index is -0.204. The van der Waals surface area contributed by atoms with Crippen molar-refractivity contribution in [1.29, 1.82) is 0 Å². The third kappa shape index (κ3) is 3.77. The van der Waals surface area contributed by atoms with E-state index >= 15 is 0 Å². The van der Waals surface area contributed by atoms with Crippen LogP contribution in [0.2, 0.25) is 0 Å². The van der Waals surface area contributed by atoms with Gasteiger partial charge in [-0.15, -0.1) is 0 Å². The maximum absolute atomic E-state index is 12.2. The van der Waals surface area contributed by atoms with Crippen LogP contribution < -0.4 is 0 Å². The Morgan fingerprint density at radius 2 is 1.39 bits per heavy atom. The van der Waals surface area contributed by atoms with Gasteiger partial charge in [0.1, 0.15) is 11.7 Å². The molecule has 0 radical (unpaired) electrons. The molecular formula is C20H16N2O. The lowest BCUT2D eigenvalue weighted by Crippen LogP contribution is -2.05. The zero-order valence-electron chi connectivity index (χ0n) is 12.5. The van der Waals surface area contributed by atoms with E-state index in [1.54, 1.807) is 24.4 Å². The molecule has 0 aliphatic heterocycles. The van der Waals surface area contributed by atoms with E-state index in [4.69, 9.17) is 0 Å². The van der Waals surface area contributed by atoms with Crippen molar-refractivity contribution in [3.8, 4) is 0 Å². The molecule has 0 bridgehead atoms. The highest BCUT2D eigenvalue weighted by molar-refractivity contribution is 6.34. The highest BCUT2D eigenvalue weighted by Crippen LogP contribution is 2.25. The van der Waals surface area contributed by atoms with Crippen LogP contribution in [-0.2, 0) is 0 Å². The smallest absolute Gasteiger partial charge is 0.221 e. The highest BCUT2D eigenvalue weighted by atomic mass is 16.1. The Balaban J connectivity index is 1.91. The fraction of sp³-hybridized carbons (Fsp3) is 0.0500. The molecular weight excluding hydrogens is 284 g/mol. The van der Waals surface area contributed by atoms with Gasteiger partial charge in [0.25, 0.3) is 0 Å². The van der Waals surface area contributed by atoms with Gasteiger partial charge in [-0.25, -0.2) is 0 Å². The average molecular weight is 300 g/mol. The Bertz CT molecular complexity index is 744. The van der Waals surface area contributed by atoms with Gasteiger partial charge in [-0.2, -0.15) is 0 Å². The lowest BCUT2D eigenvalue weighted by molar-refractivity contribution is 0.106. The summed E-state index contributed by atoms with van der Waals surface area (Å²) in [5.41, 5.74) is 2.49. The second-order valence-electron chi connectivity index (χ2n) is 5.08. The molecule has 0 unspecified atom stereocenters. The summed E-state index contributed by atoms with van der Waals surface area (Å²) < 4.78 is 0. The van der Waals surface area contributed by atoms with Crippen molar-refractivity contribution in [2.75, 3.05) is 0 Å². The Kier molecular flexibility index (Phi) is 4.69. The minimum Gasteiger partial charge on any atom is -0.286 e. The summed E-state index contributed by atoms with van der Waals surface area (Å²) >= 11 is 0. The first kappa shape index (κ1) is 14.9. The number of pyridine rings is 1. The Morgan fingerprint density at radius 3 is 1.91 bits per heavy atom. The predicted molar refractivity (Wildman–Crippen MR) is 91.8 cm³/mol. The van der Waals surface area contributed by atoms with Gasteiger partial charge in [0.05, 0.1) is 6.21 Å². The molecule has 3 aromatic rings. The molecule has 3 nitrogen and oxygen atoms in total. The van der Waals surface area contributed by atoms with Gasteiger partial charge >= 0.3 is 0 Å². The first-order chi connectivity index (χ1) is 11.3. The van der Waals surface area contributed by atoms with Crippen LogP contribution in [0, 0.1) is 0 Å². The molecule has 0 N–H and O–H groups in total. The van der Waals surface area contributed by atoms with Crippen molar-refractivity contribution in [2.45, 2.75) is 6.04 Å². The van der Waals surface area contributed by atoms with Gasteiger partial charge in [0.15, 0.2) is 0 Å². The topological polar surface area (TPSA) is 42.3 Å². The number of benzene rings is 2. The van der Waals surface area contributed by atoms with Crippen LogP contribution >= 0.6 is 0 Å². The molecule has 0 spiro atoms. The number of ketones is 1. The van der Waals surface area contributed by atoms with Gasteiger partial charge in [0.2, 0.25) is 5.78 Å². The van der Waals surface area contributed by atoms with E-state index in [0.29, 0.717) is 5.69 Å². The van der Waals surface area contributed by atoms with Gasteiger partial charge in [-0.3, -0.25) is 14.8 Å². The van der Waals surface area contributed by atoms with Crippen LogP contribution in [0.25, 0.3) is 0 Å². The summed E-state index contributed by atoms with van der Waals surface area (Å²) in [6, 6.07) is 24.9. The first-order valence-electron chi connectivity index (χ1n) is 7.43. The van der Waals surface area contributed by atoms with E-state index in [0.717, 1.165) is 11.1 Å². The zero-order valence-corrected chi connectivity index (χ0v) is 12.5. The molecule has 0 aliphatic carbocycles. The van der Waals surface area contributed by atoms with Crippen molar-refractivity contribution in [2.24, 2.45) is 4.99 Å². The van der Waals surface area contributed by atoms with Crippen molar-refractivity contribution < 1.29 is 4.79 Å². The zero-order chi connectivity index (χ0) is 15.9. The molecule has 0 amide bonds. The van der Waals surface area contributed by atoms with E-state index in [1.165, 1.54) is 6.21 Å². The average Bonchev–Trinajstić information content (AvgIpc) is 2.64. The van der Waals surface area contributed by atoms with E-state index in [-0.39, 0.29) is 11.8 Å². The second kappa shape index (κ2) is 7.27. The summed E-state index contributed by atoms with van der Waals surface area (Å²) in [6.07, 6.45) is 2.97. The quantitative estimate of drug-likeness (QED) is 0.525. The second-order valence-corrected chi connectivity index (χ2v) is 5.08. The standard InChI is InChI=1S/C20H16N2O/c23-19(18-13-7-8-14-21-18)15-22-20(16-9-3-1-4-10-16)17-11-5-2-6-12-17/h1-15,20H. The number of carbonyl (C=O) groups excluding carboxylic acids is 1. The fourth-order valence-corrected chi connectivity index (χ4v) is 2.35. The molecule has 3 rings (SSSR count). The molecule has 112 valence electrons. The Hall–Kier alpha value is -3.07. The summed E-state index contributed by atoms with van der Waals surface area (Å²) in [7, 11) is 0. The van der Waals surface area contributed by atoms with Crippen molar-refractivity contribution in [3.05, 3.63) is 102 Å². The van der Waals surface area contributed by atoms with Crippen LogP contribution in [-0.4, -0.2) is 17.0 Å². The van der Waals surface area contributed by atoms with E-state index < -0.39 is 0 Å². The third-order valence-corrected chi connectivity index (χ3v) is 3.49. The minimum absolute atomic E-state index is 0.192. The van der Waals surface area contributed by atoms with Gasteiger partial charge in [-0.05, 0) is 23.3 Å². The lowest BCUT2D eigenvalue weighted by Gasteiger charge is -2.13. The maximum Gasteiger partial charge on any atom is 0.221 e. The molecule has 0 atom stereocenters. The molecule has 0 fully saturated rings. The summed E-state index contributed by atoms with van der Waals surface area (Å²) in [4.78, 5) is 20.8. The number of aliphatic imine (C=N–C) groups is 1. The monoisotopic (exact) mass is 300 g/mol. The largest absolute Gasteiger partial charge is 0.286 e. The Morgan fingerprint density at radius 1 is 0.826 bits per heavy atom. The number of hydrogen-bond acceptors (Lipinski definition) is 3. The molecule has 0 saturated heterocycles. The number of Topliss-reactive ketones (excluding diaryl/α,β-unsaturated/α-hetero) is 1. The number of rotatable bonds is 5. The van der Waals surface area contributed by atoms with Crippen LogP contribution in [0.15, 0.2) is 90.1 Å². The van der Waals surface area contributed by atoms with Crippen molar-refractivity contribution in [3.63, 3.8) is 0 Å². The Labute approximate surface area is 135 Å². The predicted octanol–water partition coefficient (Wildman–Crippen LogP) is 4.12. The van der Waals surface area contributed by atoms with Crippen LogP contribution in [0.1, 0.15) is 27.7 Å². The molecule has 0 aliphatic rings. The normalized spacial score (nSPS) is 11.0. The third-order valence-electron chi connectivity index (χ3n) is 3.49. The molecule has 2 aromatic carbocycles. The van der Waals surface area contributed by atoms with E-state index in [1.807, 2.05) is 60.7 Å². The van der Waals surface area contributed by atoms with Crippen molar-refractivity contribution >= 4 is 12.0 Å². The van der Waals surface area contributed by atoms with Crippen LogP contribution in [0.4, 0.5) is 0 Å². The molecule has 0 saturated carbocycles. The molecule has 23 heavy (non-hydrogen) atoms. The molecule has 1 heterocycles. The number of nitrogens with zero attached hydrogens (tertiary/aromatic N) is 2. The summed E-state index contributed by atoms with van der Waals surface area (Å²) in [5, 5.41) is 0. The van der Waals surface area contributed by atoms with E-state index in [9.17, 15) is 4.79 Å². The highest BCUT2D eigenvalue weighted by Gasteiger charge is 2.12. The lowest BCUT2D eigenvalue weighted by atomic mass is 9.99. The van der Waals surface area contributed by atoms with Gasteiger partial charge in [0, 0.05) is 6.20 Å². The number of carbonyl (C=O) groups is 1. The molecule has 1 aromatic heterocycles. The fourth-order valence-electron chi connectivity index (χ4n) is 2.35. The summed E-state index contributed by atoms with van der Waals surface area (Å²) in [5.74, 6) is -0.192. The number of aromatic nitrogens is 1. The van der Waals surface area contributed by atoms with Crippen molar-refractivity contribution in [1.82, 2.24) is 4.98 Å². The molecule has 3 heteroatoms. The van der Waals surface area contributed by atoms with Crippen LogP contribution in [0.3, 0.4) is 0 Å². The maximum atomic E-state index is 12.2. The van der Waals surface area contributed by atoms with Gasteiger partial charge in [-0.1, -0.05) is 66.7 Å². The van der Waals surface area contributed by atoms with E-state index in [2.05, 4.69) is 9.98 Å². The van der Waals surface area contributed by atoms with Crippen LogP contribution in [0.5, 0.6) is 0 Å².